The molecule has 3 aromatic heterocycles. The largest absolute Gasteiger partial charge is 0.437 e. The Hall–Kier alpha value is -2.68. The maximum Gasteiger partial charge on any atom is 0.227 e. The Balaban J connectivity index is 1.98. The topological polar surface area (TPSA) is 38.9 Å². The van der Waals surface area contributed by atoms with Gasteiger partial charge in [-0.05, 0) is 74.1 Å². The van der Waals surface area contributed by atoms with Gasteiger partial charge in [0.2, 0.25) is 5.71 Å². The first-order chi connectivity index (χ1) is 12.4. The monoisotopic (exact) mass is 344 g/mol. The predicted octanol–water partition coefficient (Wildman–Crippen LogP) is 6.17. The van der Waals surface area contributed by atoms with Gasteiger partial charge in [0.15, 0.2) is 0 Å². The molecule has 3 nitrogen and oxygen atoms in total. The van der Waals surface area contributed by atoms with Crippen LogP contribution in [0.25, 0.3) is 33.3 Å². The fourth-order valence-corrected chi connectivity index (χ4v) is 3.59. The van der Waals surface area contributed by atoms with E-state index >= 15 is 0 Å². The van der Waals surface area contributed by atoms with Gasteiger partial charge in [-0.15, -0.1) is 0 Å². The fraction of sp³-hybridized carbons (Fsp3) is 0.304. The van der Waals surface area contributed by atoms with Crippen molar-refractivity contribution in [2.75, 3.05) is 0 Å². The number of fused-ring (bicyclic) bond motifs is 3. The van der Waals surface area contributed by atoms with E-state index in [9.17, 15) is 0 Å². The molecule has 0 fully saturated rings. The Bertz CT molecular complexity index is 1120. The van der Waals surface area contributed by atoms with Gasteiger partial charge in [0.05, 0.1) is 5.69 Å². The molecule has 0 spiro atoms. The lowest BCUT2D eigenvalue weighted by Crippen LogP contribution is -1.99. The maximum atomic E-state index is 6.20. The molecule has 3 heterocycles. The minimum Gasteiger partial charge on any atom is -0.437 e. The van der Waals surface area contributed by atoms with Crippen molar-refractivity contribution >= 4 is 22.1 Å². The van der Waals surface area contributed by atoms with Gasteiger partial charge in [-0.1, -0.05) is 19.9 Å². The molecule has 0 aliphatic heterocycles. The average molecular weight is 344 g/mol. The van der Waals surface area contributed by atoms with Crippen molar-refractivity contribution in [3.63, 3.8) is 0 Å². The summed E-state index contributed by atoms with van der Waals surface area (Å²) in [6.07, 6.45) is 3.03. The lowest BCUT2D eigenvalue weighted by molar-refractivity contribution is 0.644. The van der Waals surface area contributed by atoms with Gasteiger partial charge < -0.3 is 4.42 Å². The summed E-state index contributed by atoms with van der Waals surface area (Å²) in [5.41, 5.74) is 8.33. The van der Waals surface area contributed by atoms with E-state index in [4.69, 9.17) is 9.40 Å². The van der Waals surface area contributed by atoms with Crippen molar-refractivity contribution < 1.29 is 4.42 Å². The molecule has 0 radical (unpaired) electrons. The Labute approximate surface area is 154 Å². The van der Waals surface area contributed by atoms with E-state index in [1.807, 2.05) is 19.2 Å². The van der Waals surface area contributed by atoms with Gasteiger partial charge >= 0.3 is 0 Å². The van der Waals surface area contributed by atoms with Gasteiger partial charge in [0.25, 0.3) is 0 Å². The lowest BCUT2D eigenvalue weighted by Gasteiger charge is -2.11. The van der Waals surface area contributed by atoms with Crippen LogP contribution in [-0.2, 0) is 6.42 Å². The Morgan fingerprint density at radius 2 is 1.81 bits per heavy atom. The molecule has 26 heavy (non-hydrogen) atoms. The average Bonchev–Trinajstić information content (AvgIpc) is 2.96. The van der Waals surface area contributed by atoms with Gasteiger partial charge in [-0.2, -0.15) is 0 Å². The molecule has 0 bridgehead atoms. The van der Waals surface area contributed by atoms with Crippen LogP contribution in [-0.4, -0.2) is 9.97 Å². The number of hydrogen-bond donors (Lipinski definition) is 0. The Morgan fingerprint density at radius 1 is 1.00 bits per heavy atom. The molecule has 3 heteroatoms. The molecule has 0 unspecified atom stereocenters. The van der Waals surface area contributed by atoms with Gasteiger partial charge in [-0.3, -0.25) is 4.98 Å². The number of benzene rings is 1. The van der Waals surface area contributed by atoms with Crippen LogP contribution in [0.1, 0.15) is 36.2 Å². The van der Waals surface area contributed by atoms with Crippen LogP contribution >= 0.6 is 0 Å². The van der Waals surface area contributed by atoms with E-state index in [0.29, 0.717) is 11.6 Å². The number of aromatic nitrogens is 2. The molecular weight excluding hydrogens is 320 g/mol. The minimum atomic E-state index is 0.611. The van der Waals surface area contributed by atoms with Crippen molar-refractivity contribution in [1.82, 2.24) is 9.97 Å². The zero-order valence-electron chi connectivity index (χ0n) is 16.1. The first-order valence-corrected chi connectivity index (χ1v) is 9.19. The summed E-state index contributed by atoms with van der Waals surface area (Å²) in [5, 5.41) is 2.21. The summed E-state index contributed by atoms with van der Waals surface area (Å²) in [6, 6.07) is 10.6. The molecule has 0 amide bonds. The Morgan fingerprint density at radius 3 is 2.58 bits per heavy atom. The molecular formula is C23H24N2O. The highest BCUT2D eigenvalue weighted by Crippen LogP contribution is 2.37. The second kappa shape index (κ2) is 6.24. The van der Waals surface area contributed by atoms with Crippen molar-refractivity contribution in [1.29, 1.82) is 0 Å². The summed E-state index contributed by atoms with van der Waals surface area (Å²) in [4.78, 5) is 9.28. The molecule has 132 valence electrons. The molecule has 0 saturated carbocycles. The number of furan rings is 1. The van der Waals surface area contributed by atoms with E-state index in [1.54, 1.807) is 0 Å². The molecule has 0 atom stereocenters. The van der Waals surface area contributed by atoms with E-state index in [0.717, 1.165) is 39.7 Å². The molecule has 0 N–H and O–H groups in total. The van der Waals surface area contributed by atoms with E-state index in [2.05, 4.69) is 56.9 Å². The predicted molar refractivity (Wildman–Crippen MR) is 107 cm³/mol. The third-order valence-corrected chi connectivity index (χ3v) is 4.95. The van der Waals surface area contributed by atoms with Gasteiger partial charge in [0.1, 0.15) is 5.58 Å². The summed E-state index contributed by atoms with van der Waals surface area (Å²) >= 11 is 0. The molecule has 0 aliphatic rings. The molecule has 0 saturated heterocycles. The van der Waals surface area contributed by atoms with Crippen LogP contribution in [0.5, 0.6) is 0 Å². The van der Waals surface area contributed by atoms with E-state index < -0.39 is 0 Å². The van der Waals surface area contributed by atoms with E-state index in [1.165, 1.54) is 16.7 Å². The summed E-state index contributed by atoms with van der Waals surface area (Å²) < 4.78 is 6.20. The molecule has 4 rings (SSSR count). The highest BCUT2D eigenvalue weighted by molar-refractivity contribution is 6.10. The first kappa shape index (κ1) is 16.8. The number of rotatable bonds is 3. The van der Waals surface area contributed by atoms with Crippen molar-refractivity contribution in [2.45, 2.75) is 41.0 Å². The van der Waals surface area contributed by atoms with Crippen LogP contribution in [0.2, 0.25) is 0 Å². The van der Waals surface area contributed by atoms with Crippen molar-refractivity contribution in [3.8, 4) is 11.3 Å². The normalized spacial score (nSPS) is 11.8. The van der Waals surface area contributed by atoms with Gasteiger partial charge in [0, 0.05) is 28.2 Å². The number of pyridine rings is 2. The maximum absolute atomic E-state index is 6.20. The Kier molecular flexibility index (Phi) is 4.03. The van der Waals surface area contributed by atoms with Crippen LogP contribution in [0, 0.1) is 26.7 Å². The summed E-state index contributed by atoms with van der Waals surface area (Å²) in [6.45, 7) is 10.7. The minimum absolute atomic E-state index is 0.611. The quantitative estimate of drug-likeness (QED) is 0.446. The van der Waals surface area contributed by atoms with Gasteiger partial charge in [-0.25, -0.2) is 4.98 Å². The van der Waals surface area contributed by atoms with Crippen LogP contribution in [0.4, 0.5) is 0 Å². The number of aryl methyl sites for hydroxylation is 3. The fourth-order valence-electron chi connectivity index (χ4n) is 3.59. The van der Waals surface area contributed by atoms with Crippen LogP contribution in [0.3, 0.4) is 0 Å². The van der Waals surface area contributed by atoms with Crippen molar-refractivity contribution in [2.24, 2.45) is 5.92 Å². The second-order valence-corrected chi connectivity index (χ2v) is 7.64. The highest BCUT2D eigenvalue weighted by atomic mass is 16.3. The van der Waals surface area contributed by atoms with Crippen LogP contribution in [0.15, 0.2) is 40.9 Å². The SMILES string of the molecule is Cc1ccc2c(n1)oc1c(-c3cc(CC(C)C)c(C)cn3)ccc(C)c12. The lowest BCUT2D eigenvalue weighted by atomic mass is 9.97. The zero-order valence-corrected chi connectivity index (χ0v) is 16.1. The highest BCUT2D eigenvalue weighted by Gasteiger charge is 2.17. The van der Waals surface area contributed by atoms with Crippen LogP contribution < -0.4 is 0 Å². The third kappa shape index (κ3) is 2.78. The summed E-state index contributed by atoms with van der Waals surface area (Å²) in [5.74, 6) is 0.611. The first-order valence-electron chi connectivity index (χ1n) is 9.19. The zero-order chi connectivity index (χ0) is 18.4. The summed E-state index contributed by atoms with van der Waals surface area (Å²) in [7, 11) is 0. The second-order valence-electron chi connectivity index (χ2n) is 7.64. The molecule has 4 aromatic rings. The smallest absolute Gasteiger partial charge is 0.227 e. The number of hydrogen-bond acceptors (Lipinski definition) is 3. The number of nitrogens with zero attached hydrogens (tertiary/aromatic N) is 2. The van der Waals surface area contributed by atoms with Crippen molar-refractivity contribution in [3.05, 3.63) is 58.9 Å². The third-order valence-electron chi connectivity index (χ3n) is 4.95. The molecule has 1 aromatic carbocycles. The molecule has 0 aliphatic carbocycles. The van der Waals surface area contributed by atoms with E-state index in [-0.39, 0.29) is 0 Å². The standard InChI is InChI=1S/C23H24N2O/c1-13(2)10-17-11-20(24-12-15(17)4)18-8-6-14(3)21-19-9-7-16(5)25-23(19)26-22(18)21/h6-9,11-13H,10H2,1-5H3.